The number of likely N-dealkylation sites (tertiary alicyclic amines) is 2. The maximum atomic E-state index is 12.3. The van der Waals surface area contributed by atoms with Crippen molar-refractivity contribution in [2.24, 2.45) is 11.1 Å². The molecule has 0 aromatic carbocycles. The highest BCUT2D eigenvalue weighted by Crippen LogP contribution is 2.36. The number of rotatable bonds is 3. The molecule has 18 heavy (non-hydrogen) atoms. The summed E-state index contributed by atoms with van der Waals surface area (Å²) in [5, 5.41) is 0. The van der Waals surface area contributed by atoms with Crippen molar-refractivity contribution in [3.05, 3.63) is 0 Å². The fourth-order valence-corrected chi connectivity index (χ4v) is 3.27. The quantitative estimate of drug-likeness (QED) is 0.829. The van der Waals surface area contributed by atoms with Gasteiger partial charge in [0.15, 0.2) is 0 Å². The lowest BCUT2D eigenvalue weighted by molar-refractivity contribution is -0.132. The van der Waals surface area contributed by atoms with Crippen LogP contribution in [-0.4, -0.2) is 54.0 Å². The Labute approximate surface area is 115 Å². The normalized spacial score (nSPS) is 37.1. The van der Waals surface area contributed by atoms with Gasteiger partial charge in [-0.3, -0.25) is 9.69 Å². The first kappa shape index (κ1) is 14.1. The van der Waals surface area contributed by atoms with E-state index in [1.807, 2.05) is 0 Å². The molecule has 2 N–H and O–H groups in total. The van der Waals surface area contributed by atoms with E-state index in [0.29, 0.717) is 11.9 Å². The van der Waals surface area contributed by atoms with Gasteiger partial charge in [0, 0.05) is 19.1 Å². The van der Waals surface area contributed by atoms with Gasteiger partial charge in [-0.1, -0.05) is 6.92 Å². The minimum absolute atomic E-state index is 0. The van der Waals surface area contributed by atoms with Crippen LogP contribution in [0.15, 0.2) is 0 Å². The number of halogens is 1. The summed E-state index contributed by atoms with van der Waals surface area (Å²) in [6.45, 7) is 5.99. The summed E-state index contributed by atoms with van der Waals surface area (Å²) in [6, 6.07) is 0.736. The first-order valence-electron chi connectivity index (χ1n) is 6.88. The molecule has 0 aromatic rings. The molecule has 0 bridgehead atoms. The summed E-state index contributed by atoms with van der Waals surface area (Å²) in [5.74, 6) is 0.383. The summed E-state index contributed by atoms with van der Waals surface area (Å²) < 4.78 is 0. The first-order valence-corrected chi connectivity index (χ1v) is 6.88. The summed E-state index contributed by atoms with van der Waals surface area (Å²) in [7, 11) is 0. The van der Waals surface area contributed by atoms with Crippen LogP contribution >= 0.6 is 12.4 Å². The van der Waals surface area contributed by atoms with Crippen LogP contribution in [0.4, 0.5) is 0 Å². The molecule has 0 radical (unpaired) electrons. The molecule has 2 atom stereocenters. The van der Waals surface area contributed by atoms with E-state index in [9.17, 15) is 4.79 Å². The Morgan fingerprint density at radius 2 is 2.06 bits per heavy atom. The third-order valence-corrected chi connectivity index (χ3v) is 4.72. The third-order valence-electron chi connectivity index (χ3n) is 4.72. The highest BCUT2D eigenvalue weighted by atomic mass is 35.5. The molecule has 1 saturated carbocycles. The van der Waals surface area contributed by atoms with E-state index in [1.165, 1.54) is 12.8 Å². The molecule has 2 saturated heterocycles. The second-order valence-corrected chi connectivity index (χ2v) is 6.30. The maximum absolute atomic E-state index is 12.3. The molecule has 104 valence electrons. The van der Waals surface area contributed by atoms with E-state index in [-0.39, 0.29) is 23.9 Å². The van der Waals surface area contributed by atoms with Crippen molar-refractivity contribution in [1.82, 2.24) is 9.80 Å². The lowest BCUT2D eigenvalue weighted by Crippen LogP contribution is -2.42. The van der Waals surface area contributed by atoms with Crippen LogP contribution in [0.1, 0.15) is 32.6 Å². The van der Waals surface area contributed by atoms with E-state index in [0.717, 1.165) is 39.0 Å². The fourth-order valence-electron chi connectivity index (χ4n) is 3.27. The second-order valence-electron chi connectivity index (χ2n) is 6.30. The molecule has 1 aliphatic carbocycles. The number of carbonyl (C=O) groups is 1. The van der Waals surface area contributed by atoms with Crippen molar-refractivity contribution >= 4 is 18.3 Å². The summed E-state index contributed by atoms with van der Waals surface area (Å²) in [4.78, 5) is 16.8. The molecule has 2 heterocycles. The number of hydrogen-bond acceptors (Lipinski definition) is 3. The van der Waals surface area contributed by atoms with Gasteiger partial charge in [-0.15, -0.1) is 12.4 Å². The monoisotopic (exact) mass is 273 g/mol. The SMILES string of the molecule is CC1(CN)CCN(C2CCN(C3CC3)C2=O)C1.Cl. The predicted molar refractivity (Wildman–Crippen MR) is 73.7 cm³/mol. The van der Waals surface area contributed by atoms with Gasteiger partial charge in [-0.2, -0.15) is 0 Å². The van der Waals surface area contributed by atoms with Gasteiger partial charge in [0.25, 0.3) is 0 Å². The minimum Gasteiger partial charge on any atom is -0.338 e. The Balaban J connectivity index is 0.00000120. The zero-order chi connectivity index (χ0) is 12.0. The third kappa shape index (κ3) is 2.38. The van der Waals surface area contributed by atoms with Crippen LogP contribution in [0.5, 0.6) is 0 Å². The average Bonchev–Trinajstić information content (AvgIpc) is 2.98. The summed E-state index contributed by atoms with van der Waals surface area (Å²) in [6.07, 6.45) is 4.60. The van der Waals surface area contributed by atoms with Gasteiger partial charge in [0.1, 0.15) is 0 Å². The van der Waals surface area contributed by atoms with Crippen LogP contribution < -0.4 is 5.73 Å². The zero-order valence-corrected chi connectivity index (χ0v) is 11.9. The minimum atomic E-state index is 0. The standard InChI is InChI=1S/C13H23N3O.ClH/c1-13(8-14)5-7-15(9-13)11-4-6-16(12(11)17)10-2-3-10;/h10-11H,2-9,14H2,1H3;1H. The fraction of sp³-hybridized carbons (Fsp3) is 0.923. The Morgan fingerprint density at radius 3 is 2.61 bits per heavy atom. The Morgan fingerprint density at radius 1 is 1.33 bits per heavy atom. The van der Waals surface area contributed by atoms with Crippen LogP contribution in [0, 0.1) is 5.41 Å². The number of hydrogen-bond donors (Lipinski definition) is 1. The van der Waals surface area contributed by atoms with Crippen molar-refractivity contribution in [3.8, 4) is 0 Å². The molecule has 4 nitrogen and oxygen atoms in total. The van der Waals surface area contributed by atoms with Gasteiger partial charge in [-0.05, 0) is 44.2 Å². The van der Waals surface area contributed by atoms with Gasteiger partial charge in [0.05, 0.1) is 6.04 Å². The van der Waals surface area contributed by atoms with Gasteiger partial charge >= 0.3 is 0 Å². The lowest BCUT2D eigenvalue weighted by Gasteiger charge is -2.26. The Kier molecular flexibility index (Phi) is 3.90. The molecule has 3 rings (SSSR count). The molecule has 2 aliphatic heterocycles. The Hall–Kier alpha value is -0.320. The zero-order valence-electron chi connectivity index (χ0n) is 11.1. The van der Waals surface area contributed by atoms with E-state index in [4.69, 9.17) is 5.73 Å². The van der Waals surface area contributed by atoms with Gasteiger partial charge < -0.3 is 10.6 Å². The molecule has 5 heteroatoms. The van der Waals surface area contributed by atoms with Crippen LogP contribution in [0.3, 0.4) is 0 Å². The van der Waals surface area contributed by atoms with Crippen LogP contribution in [0.2, 0.25) is 0 Å². The van der Waals surface area contributed by atoms with E-state index in [2.05, 4.69) is 16.7 Å². The number of nitrogens with two attached hydrogens (primary N) is 1. The molecule has 1 amide bonds. The van der Waals surface area contributed by atoms with Crippen molar-refractivity contribution in [1.29, 1.82) is 0 Å². The summed E-state index contributed by atoms with van der Waals surface area (Å²) in [5.41, 5.74) is 6.06. The highest BCUT2D eigenvalue weighted by Gasteiger charge is 2.45. The molecular formula is C13H24ClN3O. The lowest BCUT2D eigenvalue weighted by atomic mass is 9.90. The maximum Gasteiger partial charge on any atom is 0.240 e. The molecule has 0 spiro atoms. The molecule has 0 aromatic heterocycles. The van der Waals surface area contributed by atoms with Crippen LogP contribution in [0.25, 0.3) is 0 Å². The van der Waals surface area contributed by atoms with Gasteiger partial charge in [0.2, 0.25) is 5.91 Å². The Bertz CT molecular complexity index is 334. The smallest absolute Gasteiger partial charge is 0.240 e. The van der Waals surface area contributed by atoms with Crippen molar-refractivity contribution < 1.29 is 4.79 Å². The first-order chi connectivity index (χ1) is 8.13. The second kappa shape index (κ2) is 4.99. The van der Waals surface area contributed by atoms with Crippen molar-refractivity contribution in [2.75, 3.05) is 26.2 Å². The summed E-state index contributed by atoms with van der Waals surface area (Å²) >= 11 is 0. The molecule has 3 fully saturated rings. The van der Waals surface area contributed by atoms with E-state index >= 15 is 0 Å². The number of nitrogens with zero attached hydrogens (tertiary/aromatic N) is 2. The number of carbonyl (C=O) groups excluding carboxylic acids is 1. The molecular weight excluding hydrogens is 250 g/mol. The molecule has 3 aliphatic rings. The van der Waals surface area contributed by atoms with Crippen molar-refractivity contribution in [2.45, 2.75) is 44.7 Å². The molecule has 2 unspecified atom stereocenters. The van der Waals surface area contributed by atoms with Crippen LogP contribution in [-0.2, 0) is 4.79 Å². The topological polar surface area (TPSA) is 49.6 Å². The van der Waals surface area contributed by atoms with Crippen molar-refractivity contribution in [3.63, 3.8) is 0 Å². The number of amides is 1. The van der Waals surface area contributed by atoms with E-state index in [1.54, 1.807) is 0 Å². The van der Waals surface area contributed by atoms with Gasteiger partial charge in [-0.25, -0.2) is 0 Å². The average molecular weight is 274 g/mol. The largest absolute Gasteiger partial charge is 0.338 e. The van der Waals surface area contributed by atoms with E-state index < -0.39 is 0 Å². The predicted octanol–water partition coefficient (Wildman–Crippen LogP) is 0.842. The highest BCUT2D eigenvalue weighted by molar-refractivity contribution is 5.85.